The van der Waals surface area contributed by atoms with Crippen LogP contribution in [0.4, 0.5) is 0 Å². The molecule has 1 aromatic carbocycles. The lowest BCUT2D eigenvalue weighted by molar-refractivity contribution is 0.414. The van der Waals surface area contributed by atoms with Gasteiger partial charge in [-0.2, -0.15) is 0 Å². The highest BCUT2D eigenvalue weighted by Crippen LogP contribution is 2.10. The van der Waals surface area contributed by atoms with Gasteiger partial charge in [0.05, 0.1) is 7.11 Å². The molecule has 0 fully saturated rings. The zero-order chi connectivity index (χ0) is 10.1. The molecule has 0 aliphatic heterocycles. The van der Waals surface area contributed by atoms with Gasteiger partial charge in [-0.1, -0.05) is 12.1 Å². The Labute approximate surface area is 80.7 Å². The molecule has 0 aliphatic rings. The fourth-order valence-corrected chi connectivity index (χ4v) is 0.742. The monoisotopic (exact) mass is 176 g/mol. The molecule has 0 N–H and O–H groups in total. The molecule has 1 heteroatoms. The first-order chi connectivity index (χ1) is 6.24. The third-order valence-electron chi connectivity index (χ3n) is 1.48. The average Bonchev–Trinajstić information content (AvgIpc) is 2.18. The van der Waals surface area contributed by atoms with Gasteiger partial charge in [-0.25, -0.2) is 0 Å². The van der Waals surface area contributed by atoms with E-state index in [1.165, 1.54) is 5.56 Å². The Bertz CT molecular complexity index is 285. The molecule has 0 bridgehead atoms. The summed E-state index contributed by atoms with van der Waals surface area (Å²) in [6.07, 6.45) is 0. The summed E-state index contributed by atoms with van der Waals surface area (Å²) in [6, 6.07) is 7.96. The van der Waals surface area contributed by atoms with Crippen molar-refractivity contribution in [3.05, 3.63) is 29.8 Å². The molecule has 0 amide bonds. The van der Waals surface area contributed by atoms with E-state index in [-0.39, 0.29) is 0 Å². The maximum absolute atomic E-state index is 5.00. The molecule has 70 valence electrons. The quantitative estimate of drug-likeness (QED) is 0.598. The second kappa shape index (κ2) is 7.24. The molecule has 13 heavy (non-hydrogen) atoms. The third-order valence-corrected chi connectivity index (χ3v) is 1.48. The van der Waals surface area contributed by atoms with Crippen molar-refractivity contribution in [1.29, 1.82) is 0 Å². The fraction of sp³-hybridized carbons (Fsp3) is 0.333. The van der Waals surface area contributed by atoms with Gasteiger partial charge in [-0.3, -0.25) is 0 Å². The van der Waals surface area contributed by atoms with Crippen LogP contribution in [0.25, 0.3) is 0 Å². The summed E-state index contributed by atoms with van der Waals surface area (Å²) in [6.45, 7) is 5.68. The molecule has 1 nitrogen and oxygen atoms in total. The zero-order valence-corrected chi connectivity index (χ0v) is 8.72. The SMILES string of the molecule is CC#CC.COc1cccc(C)c1. The van der Waals surface area contributed by atoms with Crippen LogP contribution in [0.1, 0.15) is 19.4 Å². The molecule has 1 rings (SSSR count). The molecule has 0 saturated heterocycles. The Balaban J connectivity index is 0.000000310. The van der Waals surface area contributed by atoms with Crippen molar-refractivity contribution in [1.82, 2.24) is 0 Å². The topological polar surface area (TPSA) is 9.23 Å². The predicted octanol–water partition coefficient (Wildman–Crippen LogP) is 3.03. The number of methoxy groups -OCH3 is 1. The Morgan fingerprint density at radius 1 is 1.15 bits per heavy atom. The summed E-state index contributed by atoms with van der Waals surface area (Å²) in [5, 5.41) is 0. The molecular weight excluding hydrogens is 160 g/mol. The van der Waals surface area contributed by atoms with E-state index in [4.69, 9.17) is 4.74 Å². The summed E-state index contributed by atoms with van der Waals surface area (Å²) in [4.78, 5) is 0. The molecule has 0 saturated carbocycles. The molecule has 1 aromatic rings. The van der Waals surface area contributed by atoms with Gasteiger partial charge >= 0.3 is 0 Å². The summed E-state index contributed by atoms with van der Waals surface area (Å²) < 4.78 is 5.00. The molecule has 0 aromatic heterocycles. The van der Waals surface area contributed by atoms with Gasteiger partial charge in [0.1, 0.15) is 5.75 Å². The van der Waals surface area contributed by atoms with Gasteiger partial charge in [0.2, 0.25) is 0 Å². The van der Waals surface area contributed by atoms with E-state index in [1.807, 2.05) is 45.0 Å². The first kappa shape index (κ1) is 11.6. The predicted molar refractivity (Wildman–Crippen MR) is 56.9 cm³/mol. The fourth-order valence-electron chi connectivity index (χ4n) is 0.742. The van der Waals surface area contributed by atoms with Crippen molar-refractivity contribution >= 4 is 0 Å². The van der Waals surface area contributed by atoms with E-state index in [1.54, 1.807) is 7.11 Å². The van der Waals surface area contributed by atoms with Crippen molar-refractivity contribution in [3.63, 3.8) is 0 Å². The number of hydrogen-bond acceptors (Lipinski definition) is 1. The van der Waals surface area contributed by atoms with Crippen LogP contribution in [0.15, 0.2) is 24.3 Å². The van der Waals surface area contributed by atoms with E-state index in [9.17, 15) is 0 Å². The lowest BCUT2D eigenvalue weighted by Crippen LogP contribution is -1.81. The smallest absolute Gasteiger partial charge is 0.119 e. The minimum absolute atomic E-state index is 0.926. The molecule has 0 atom stereocenters. The lowest BCUT2D eigenvalue weighted by atomic mass is 10.2. The normalized spacial score (nSPS) is 7.38. The van der Waals surface area contributed by atoms with Gasteiger partial charge in [-0.05, 0) is 38.5 Å². The van der Waals surface area contributed by atoms with E-state index >= 15 is 0 Å². The highest BCUT2D eigenvalue weighted by molar-refractivity contribution is 5.27. The van der Waals surface area contributed by atoms with E-state index in [0.717, 1.165) is 5.75 Å². The second-order valence-electron chi connectivity index (χ2n) is 2.52. The highest BCUT2D eigenvalue weighted by atomic mass is 16.5. The molecular formula is C12H16O. The van der Waals surface area contributed by atoms with E-state index < -0.39 is 0 Å². The van der Waals surface area contributed by atoms with Crippen LogP contribution >= 0.6 is 0 Å². The van der Waals surface area contributed by atoms with Crippen molar-refractivity contribution in [3.8, 4) is 17.6 Å². The zero-order valence-electron chi connectivity index (χ0n) is 8.72. The summed E-state index contributed by atoms with van der Waals surface area (Å²) in [7, 11) is 1.68. The standard InChI is InChI=1S/C8H10O.C4H6/c1-7-4-3-5-8(6-7)9-2;1-3-4-2/h3-6H,1-2H3;1-2H3. The summed E-state index contributed by atoms with van der Waals surface area (Å²) >= 11 is 0. The van der Waals surface area contributed by atoms with Gasteiger partial charge in [-0.15, -0.1) is 11.8 Å². The summed E-state index contributed by atoms with van der Waals surface area (Å²) in [5.41, 5.74) is 1.23. The summed E-state index contributed by atoms with van der Waals surface area (Å²) in [5.74, 6) is 6.29. The Morgan fingerprint density at radius 2 is 1.77 bits per heavy atom. The second-order valence-corrected chi connectivity index (χ2v) is 2.52. The Hall–Kier alpha value is -1.42. The first-order valence-electron chi connectivity index (χ1n) is 4.18. The van der Waals surface area contributed by atoms with Crippen LogP contribution < -0.4 is 4.74 Å². The lowest BCUT2D eigenvalue weighted by Gasteiger charge is -1.97. The van der Waals surface area contributed by atoms with Crippen molar-refractivity contribution < 1.29 is 4.74 Å². The average molecular weight is 176 g/mol. The third kappa shape index (κ3) is 5.81. The molecule has 0 unspecified atom stereocenters. The molecule has 0 aliphatic carbocycles. The number of benzene rings is 1. The van der Waals surface area contributed by atoms with Crippen molar-refractivity contribution in [2.45, 2.75) is 20.8 Å². The Morgan fingerprint density at radius 3 is 2.08 bits per heavy atom. The van der Waals surface area contributed by atoms with Gasteiger partial charge in [0, 0.05) is 0 Å². The van der Waals surface area contributed by atoms with Gasteiger partial charge < -0.3 is 4.74 Å². The van der Waals surface area contributed by atoms with Crippen LogP contribution in [0, 0.1) is 18.8 Å². The minimum atomic E-state index is 0.926. The highest BCUT2D eigenvalue weighted by Gasteiger charge is 1.86. The van der Waals surface area contributed by atoms with Crippen LogP contribution in [-0.2, 0) is 0 Å². The van der Waals surface area contributed by atoms with E-state index in [2.05, 4.69) is 11.8 Å². The van der Waals surface area contributed by atoms with E-state index in [0.29, 0.717) is 0 Å². The van der Waals surface area contributed by atoms with Crippen LogP contribution in [0.5, 0.6) is 5.75 Å². The first-order valence-corrected chi connectivity index (χ1v) is 4.18. The molecule has 0 heterocycles. The Kier molecular flexibility index (Phi) is 6.45. The largest absolute Gasteiger partial charge is 0.497 e. The van der Waals surface area contributed by atoms with Crippen LogP contribution in [-0.4, -0.2) is 7.11 Å². The van der Waals surface area contributed by atoms with Gasteiger partial charge in [0.15, 0.2) is 0 Å². The number of ether oxygens (including phenoxy) is 1. The minimum Gasteiger partial charge on any atom is -0.497 e. The maximum atomic E-state index is 5.00. The van der Waals surface area contributed by atoms with Crippen molar-refractivity contribution in [2.24, 2.45) is 0 Å². The van der Waals surface area contributed by atoms with Gasteiger partial charge in [0.25, 0.3) is 0 Å². The molecule has 0 radical (unpaired) electrons. The number of rotatable bonds is 1. The van der Waals surface area contributed by atoms with Crippen LogP contribution in [0.2, 0.25) is 0 Å². The molecule has 0 spiro atoms. The maximum Gasteiger partial charge on any atom is 0.119 e. The number of hydrogen-bond donors (Lipinski definition) is 0. The number of aryl methyl sites for hydroxylation is 1. The van der Waals surface area contributed by atoms with Crippen molar-refractivity contribution in [2.75, 3.05) is 7.11 Å². The van der Waals surface area contributed by atoms with Crippen LogP contribution in [0.3, 0.4) is 0 Å².